The van der Waals surface area contributed by atoms with E-state index in [1.807, 2.05) is 0 Å². The van der Waals surface area contributed by atoms with E-state index in [1.165, 1.54) is 18.2 Å². The van der Waals surface area contributed by atoms with E-state index in [1.54, 1.807) is 32.2 Å². The zero-order valence-corrected chi connectivity index (χ0v) is 10.8. The molecule has 0 radical (unpaired) electrons. The van der Waals surface area contributed by atoms with Crippen LogP contribution in [0.1, 0.15) is 11.1 Å². The first-order chi connectivity index (χ1) is 9.11. The molecule has 2 nitrogen and oxygen atoms in total. The van der Waals surface area contributed by atoms with Gasteiger partial charge in [0.05, 0.1) is 0 Å². The van der Waals surface area contributed by atoms with E-state index in [9.17, 15) is 8.78 Å². The minimum Gasteiger partial charge on any atom is -0.454 e. The van der Waals surface area contributed by atoms with Crippen LogP contribution in [0.3, 0.4) is 0 Å². The largest absolute Gasteiger partial charge is 0.454 e. The van der Waals surface area contributed by atoms with Crippen LogP contribution in [-0.2, 0) is 6.54 Å². The standard InChI is InChI=1S/C15H15F2NO/c1-10-8-12(6-7-13(10)16)19-15-11(9-18-2)4-3-5-14(15)17/h3-8,18H,9H2,1-2H3. The summed E-state index contributed by atoms with van der Waals surface area (Å²) < 4.78 is 32.5. The van der Waals surface area contributed by atoms with Gasteiger partial charge >= 0.3 is 0 Å². The summed E-state index contributed by atoms with van der Waals surface area (Å²) in [5.41, 5.74) is 1.17. The van der Waals surface area contributed by atoms with Gasteiger partial charge < -0.3 is 10.1 Å². The lowest BCUT2D eigenvalue weighted by atomic mass is 10.2. The molecule has 0 amide bonds. The Morgan fingerprint density at radius 3 is 2.58 bits per heavy atom. The molecule has 4 heteroatoms. The van der Waals surface area contributed by atoms with Gasteiger partial charge in [0.25, 0.3) is 0 Å². The lowest BCUT2D eigenvalue weighted by Gasteiger charge is -2.12. The molecule has 0 fully saturated rings. The van der Waals surface area contributed by atoms with E-state index in [4.69, 9.17) is 4.74 Å². The summed E-state index contributed by atoms with van der Waals surface area (Å²) in [7, 11) is 1.77. The van der Waals surface area contributed by atoms with Gasteiger partial charge in [0.2, 0.25) is 0 Å². The van der Waals surface area contributed by atoms with Gasteiger partial charge in [0.15, 0.2) is 11.6 Å². The van der Waals surface area contributed by atoms with Gasteiger partial charge in [-0.1, -0.05) is 12.1 Å². The molecule has 19 heavy (non-hydrogen) atoms. The average Bonchev–Trinajstić information content (AvgIpc) is 2.38. The quantitative estimate of drug-likeness (QED) is 0.906. The zero-order chi connectivity index (χ0) is 13.8. The molecule has 0 saturated carbocycles. The first-order valence-electron chi connectivity index (χ1n) is 5.98. The topological polar surface area (TPSA) is 21.3 Å². The highest BCUT2D eigenvalue weighted by atomic mass is 19.1. The SMILES string of the molecule is CNCc1cccc(F)c1Oc1ccc(F)c(C)c1. The van der Waals surface area contributed by atoms with Crippen molar-refractivity contribution in [3.05, 3.63) is 59.2 Å². The minimum absolute atomic E-state index is 0.169. The number of nitrogens with one attached hydrogen (secondary N) is 1. The van der Waals surface area contributed by atoms with Crippen molar-refractivity contribution in [2.24, 2.45) is 0 Å². The zero-order valence-electron chi connectivity index (χ0n) is 10.8. The third-order valence-electron chi connectivity index (χ3n) is 2.77. The van der Waals surface area contributed by atoms with Gasteiger partial charge in [-0.05, 0) is 43.8 Å². The molecular formula is C15H15F2NO. The van der Waals surface area contributed by atoms with Crippen LogP contribution in [-0.4, -0.2) is 7.05 Å². The molecule has 0 spiro atoms. The Morgan fingerprint density at radius 2 is 1.89 bits per heavy atom. The molecule has 2 aromatic carbocycles. The summed E-state index contributed by atoms with van der Waals surface area (Å²) in [6.45, 7) is 2.13. The first kappa shape index (κ1) is 13.5. The number of benzene rings is 2. The van der Waals surface area contributed by atoms with Gasteiger partial charge in [-0.15, -0.1) is 0 Å². The number of rotatable bonds is 4. The van der Waals surface area contributed by atoms with E-state index >= 15 is 0 Å². The fourth-order valence-corrected chi connectivity index (χ4v) is 1.80. The second-order valence-corrected chi connectivity index (χ2v) is 4.27. The van der Waals surface area contributed by atoms with Crippen molar-refractivity contribution in [2.45, 2.75) is 13.5 Å². The fourth-order valence-electron chi connectivity index (χ4n) is 1.80. The highest BCUT2D eigenvalue weighted by Gasteiger charge is 2.11. The van der Waals surface area contributed by atoms with Crippen molar-refractivity contribution in [2.75, 3.05) is 7.05 Å². The van der Waals surface area contributed by atoms with Crippen molar-refractivity contribution in [1.29, 1.82) is 0 Å². The minimum atomic E-state index is -0.435. The van der Waals surface area contributed by atoms with Gasteiger partial charge in [-0.3, -0.25) is 0 Å². The van der Waals surface area contributed by atoms with Gasteiger partial charge in [0.1, 0.15) is 11.6 Å². The summed E-state index contributed by atoms with van der Waals surface area (Å²) in [4.78, 5) is 0. The smallest absolute Gasteiger partial charge is 0.167 e. The summed E-state index contributed by atoms with van der Waals surface area (Å²) in [5.74, 6) is -0.157. The van der Waals surface area contributed by atoms with Crippen LogP contribution in [0.2, 0.25) is 0 Å². The Kier molecular flexibility index (Phi) is 4.12. The number of hydrogen-bond acceptors (Lipinski definition) is 2. The number of ether oxygens (including phenoxy) is 1. The Bertz CT molecular complexity index is 584. The molecule has 0 aliphatic carbocycles. The molecule has 0 aromatic heterocycles. The second kappa shape index (κ2) is 5.80. The van der Waals surface area contributed by atoms with E-state index in [-0.39, 0.29) is 11.6 Å². The van der Waals surface area contributed by atoms with E-state index in [2.05, 4.69) is 5.32 Å². The Morgan fingerprint density at radius 1 is 1.11 bits per heavy atom. The van der Waals surface area contributed by atoms with E-state index < -0.39 is 5.82 Å². The predicted octanol–water partition coefficient (Wildman–Crippen LogP) is 3.78. The number of halogens is 2. The summed E-state index contributed by atoms with van der Waals surface area (Å²) in [5, 5.41) is 2.95. The Balaban J connectivity index is 2.34. The average molecular weight is 263 g/mol. The molecule has 1 N–H and O–H groups in total. The molecule has 0 saturated heterocycles. The first-order valence-corrected chi connectivity index (χ1v) is 5.98. The van der Waals surface area contributed by atoms with Crippen LogP contribution < -0.4 is 10.1 Å². The molecule has 0 heterocycles. The third-order valence-corrected chi connectivity index (χ3v) is 2.77. The second-order valence-electron chi connectivity index (χ2n) is 4.27. The number of para-hydroxylation sites is 1. The summed E-state index contributed by atoms with van der Waals surface area (Å²) >= 11 is 0. The molecule has 100 valence electrons. The number of aryl methyl sites for hydroxylation is 1. The highest BCUT2D eigenvalue weighted by Crippen LogP contribution is 2.29. The van der Waals surface area contributed by atoms with E-state index in [0.29, 0.717) is 23.4 Å². The van der Waals surface area contributed by atoms with Crippen molar-refractivity contribution in [3.8, 4) is 11.5 Å². The third kappa shape index (κ3) is 3.09. The van der Waals surface area contributed by atoms with Crippen LogP contribution in [0.15, 0.2) is 36.4 Å². The van der Waals surface area contributed by atoms with Gasteiger partial charge in [0, 0.05) is 12.1 Å². The van der Waals surface area contributed by atoms with Crippen molar-refractivity contribution < 1.29 is 13.5 Å². The van der Waals surface area contributed by atoms with Crippen LogP contribution in [0, 0.1) is 18.6 Å². The maximum Gasteiger partial charge on any atom is 0.167 e. The van der Waals surface area contributed by atoms with Gasteiger partial charge in [-0.25, -0.2) is 8.78 Å². The van der Waals surface area contributed by atoms with Crippen LogP contribution >= 0.6 is 0 Å². The van der Waals surface area contributed by atoms with Crippen molar-refractivity contribution >= 4 is 0 Å². The van der Waals surface area contributed by atoms with Crippen molar-refractivity contribution in [3.63, 3.8) is 0 Å². The molecule has 0 aliphatic rings. The van der Waals surface area contributed by atoms with Crippen LogP contribution in [0.5, 0.6) is 11.5 Å². The normalized spacial score (nSPS) is 10.5. The molecule has 0 atom stereocenters. The molecule has 2 aromatic rings. The lowest BCUT2D eigenvalue weighted by Crippen LogP contribution is -2.07. The molecule has 0 aliphatic heterocycles. The van der Waals surface area contributed by atoms with Gasteiger partial charge in [-0.2, -0.15) is 0 Å². The molecule has 0 bridgehead atoms. The molecular weight excluding hydrogens is 248 g/mol. The molecule has 2 rings (SSSR count). The maximum absolute atomic E-state index is 13.8. The van der Waals surface area contributed by atoms with Crippen molar-refractivity contribution in [1.82, 2.24) is 5.32 Å². The van der Waals surface area contributed by atoms with Crippen LogP contribution in [0.4, 0.5) is 8.78 Å². The predicted molar refractivity (Wildman–Crippen MR) is 70.4 cm³/mol. The fraction of sp³-hybridized carbons (Fsp3) is 0.200. The maximum atomic E-state index is 13.8. The number of hydrogen-bond donors (Lipinski definition) is 1. The Labute approximate surface area is 111 Å². The lowest BCUT2D eigenvalue weighted by molar-refractivity contribution is 0.433. The summed E-state index contributed by atoms with van der Waals surface area (Å²) in [6, 6.07) is 9.09. The highest BCUT2D eigenvalue weighted by molar-refractivity contribution is 5.40. The monoisotopic (exact) mass is 263 g/mol. The Hall–Kier alpha value is -1.94. The molecule has 0 unspecified atom stereocenters. The summed E-state index contributed by atoms with van der Waals surface area (Å²) in [6.07, 6.45) is 0. The van der Waals surface area contributed by atoms with E-state index in [0.717, 1.165) is 0 Å². The van der Waals surface area contributed by atoms with Crippen LogP contribution in [0.25, 0.3) is 0 Å².